The topological polar surface area (TPSA) is 52.7 Å². The van der Waals surface area contributed by atoms with E-state index in [4.69, 9.17) is 0 Å². The number of hydrogen-bond donors (Lipinski definition) is 1. The van der Waals surface area contributed by atoms with Crippen molar-refractivity contribution in [2.75, 3.05) is 31.5 Å². The van der Waals surface area contributed by atoms with Crippen LogP contribution in [-0.4, -0.2) is 53.8 Å². The largest absolute Gasteiger partial charge is 0.342 e. The van der Waals surface area contributed by atoms with Crippen LogP contribution in [0.15, 0.2) is 18.2 Å². The summed E-state index contributed by atoms with van der Waals surface area (Å²) >= 11 is 0. The van der Waals surface area contributed by atoms with Gasteiger partial charge in [-0.25, -0.2) is 8.78 Å². The molecule has 7 heteroatoms. The van der Waals surface area contributed by atoms with E-state index in [1.54, 1.807) is 6.92 Å². The highest BCUT2D eigenvalue weighted by atomic mass is 19.2. The molecule has 0 radical (unpaired) electrons. The second kappa shape index (κ2) is 8.12. The first kappa shape index (κ1) is 18.8. The Hall–Kier alpha value is -2.02. The maximum absolute atomic E-state index is 13.3. The predicted octanol–water partition coefficient (Wildman–Crippen LogP) is 2.63. The van der Waals surface area contributed by atoms with Crippen molar-refractivity contribution in [1.29, 1.82) is 0 Å². The number of hydrogen-bond acceptors (Lipinski definition) is 3. The minimum atomic E-state index is -0.989. The van der Waals surface area contributed by atoms with Gasteiger partial charge >= 0.3 is 0 Å². The average Bonchev–Trinajstić information content (AvgIpc) is 3.18. The zero-order valence-corrected chi connectivity index (χ0v) is 15.0. The number of piperidine rings is 1. The van der Waals surface area contributed by atoms with Crippen molar-refractivity contribution in [3.05, 3.63) is 29.8 Å². The van der Waals surface area contributed by atoms with E-state index in [0.717, 1.165) is 50.9 Å². The van der Waals surface area contributed by atoms with E-state index < -0.39 is 17.7 Å². The van der Waals surface area contributed by atoms with Gasteiger partial charge in [-0.2, -0.15) is 0 Å². The lowest BCUT2D eigenvalue weighted by atomic mass is 9.94. The molecule has 1 atom stereocenters. The van der Waals surface area contributed by atoms with Crippen LogP contribution < -0.4 is 5.32 Å². The minimum Gasteiger partial charge on any atom is -0.342 e. The normalized spacial score (nSPS) is 20.2. The monoisotopic (exact) mass is 365 g/mol. The molecule has 5 nitrogen and oxygen atoms in total. The van der Waals surface area contributed by atoms with Crippen molar-refractivity contribution in [3.63, 3.8) is 0 Å². The maximum Gasteiger partial charge on any atom is 0.241 e. The summed E-state index contributed by atoms with van der Waals surface area (Å²) in [4.78, 5) is 28.9. The molecular weight excluding hydrogens is 340 g/mol. The number of nitrogens with one attached hydrogen (secondary N) is 1. The van der Waals surface area contributed by atoms with Gasteiger partial charge in [-0.1, -0.05) is 0 Å². The van der Waals surface area contributed by atoms with Crippen molar-refractivity contribution in [2.45, 2.75) is 38.6 Å². The molecule has 0 spiro atoms. The van der Waals surface area contributed by atoms with Crippen LogP contribution in [0, 0.1) is 17.6 Å². The van der Waals surface area contributed by atoms with Gasteiger partial charge in [0.2, 0.25) is 11.8 Å². The molecule has 2 aliphatic rings. The lowest BCUT2D eigenvalue weighted by Gasteiger charge is -2.36. The van der Waals surface area contributed by atoms with Gasteiger partial charge in [0.25, 0.3) is 0 Å². The van der Waals surface area contributed by atoms with E-state index in [2.05, 4.69) is 5.32 Å². The Morgan fingerprint density at radius 2 is 1.73 bits per heavy atom. The van der Waals surface area contributed by atoms with Crippen LogP contribution >= 0.6 is 0 Å². The zero-order valence-electron chi connectivity index (χ0n) is 15.0. The van der Waals surface area contributed by atoms with Crippen molar-refractivity contribution in [2.24, 2.45) is 5.92 Å². The minimum absolute atomic E-state index is 0.0470. The number of nitrogens with zero attached hydrogens (tertiary/aromatic N) is 2. The third-order valence-electron chi connectivity index (χ3n) is 5.41. The predicted molar refractivity (Wildman–Crippen MR) is 94.6 cm³/mol. The number of halogens is 2. The summed E-state index contributed by atoms with van der Waals surface area (Å²) in [7, 11) is 0. The van der Waals surface area contributed by atoms with Crippen LogP contribution in [-0.2, 0) is 9.59 Å². The number of carbonyl (C=O) groups excluding carboxylic acids is 2. The molecule has 2 saturated heterocycles. The molecule has 3 rings (SSSR count). The van der Waals surface area contributed by atoms with Crippen molar-refractivity contribution < 1.29 is 18.4 Å². The lowest BCUT2D eigenvalue weighted by Crippen LogP contribution is -2.48. The second-order valence-corrected chi connectivity index (χ2v) is 7.14. The molecule has 2 fully saturated rings. The SMILES string of the molecule is C[C@@H](C(=O)Nc1ccc(F)c(F)c1)N1CCC(C(=O)N2CCCC2)CC1. The number of likely N-dealkylation sites (tertiary alicyclic amines) is 2. The molecule has 26 heavy (non-hydrogen) atoms. The molecule has 2 amide bonds. The quantitative estimate of drug-likeness (QED) is 0.892. The van der Waals surface area contributed by atoms with E-state index in [-0.39, 0.29) is 23.4 Å². The van der Waals surface area contributed by atoms with E-state index in [1.807, 2.05) is 9.80 Å². The van der Waals surface area contributed by atoms with Crippen LogP contribution in [0.5, 0.6) is 0 Å². The fourth-order valence-electron chi connectivity index (χ4n) is 3.72. The summed E-state index contributed by atoms with van der Waals surface area (Å²) in [6.45, 7) is 4.88. The van der Waals surface area contributed by atoms with Gasteiger partial charge in [-0.05, 0) is 57.8 Å². The van der Waals surface area contributed by atoms with Gasteiger partial charge in [0.15, 0.2) is 11.6 Å². The first-order valence-corrected chi connectivity index (χ1v) is 9.24. The average molecular weight is 365 g/mol. The molecule has 2 aliphatic heterocycles. The summed E-state index contributed by atoms with van der Waals surface area (Å²) in [5, 5.41) is 2.62. The van der Waals surface area contributed by atoms with E-state index in [1.165, 1.54) is 6.07 Å². The van der Waals surface area contributed by atoms with Gasteiger partial charge in [0, 0.05) is 30.8 Å². The highest BCUT2D eigenvalue weighted by Crippen LogP contribution is 2.23. The van der Waals surface area contributed by atoms with Crippen molar-refractivity contribution in [3.8, 4) is 0 Å². The van der Waals surface area contributed by atoms with Crippen molar-refractivity contribution >= 4 is 17.5 Å². The number of rotatable bonds is 4. The van der Waals surface area contributed by atoms with Gasteiger partial charge in [-0.3, -0.25) is 14.5 Å². The van der Waals surface area contributed by atoms with Gasteiger partial charge in [0.1, 0.15) is 0 Å². The smallest absolute Gasteiger partial charge is 0.241 e. The number of anilines is 1. The maximum atomic E-state index is 13.3. The molecule has 1 aromatic rings. The summed E-state index contributed by atoms with van der Waals surface area (Å²) in [5.41, 5.74) is 0.236. The molecule has 0 aliphatic carbocycles. The molecule has 1 aromatic carbocycles. The summed E-state index contributed by atoms with van der Waals surface area (Å²) in [5.74, 6) is -1.90. The van der Waals surface area contributed by atoms with Gasteiger partial charge in [-0.15, -0.1) is 0 Å². The first-order chi connectivity index (χ1) is 12.5. The van der Waals surface area contributed by atoms with Crippen LogP contribution in [0.25, 0.3) is 0 Å². The third-order valence-corrected chi connectivity index (χ3v) is 5.41. The third kappa shape index (κ3) is 4.20. The van der Waals surface area contributed by atoms with Gasteiger partial charge < -0.3 is 10.2 Å². The van der Waals surface area contributed by atoms with Crippen LogP contribution in [0.1, 0.15) is 32.6 Å². The molecule has 0 aromatic heterocycles. The Balaban J connectivity index is 1.50. The second-order valence-electron chi connectivity index (χ2n) is 7.14. The van der Waals surface area contributed by atoms with E-state index in [9.17, 15) is 18.4 Å². The van der Waals surface area contributed by atoms with Crippen molar-refractivity contribution in [1.82, 2.24) is 9.80 Å². The van der Waals surface area contributed by atoms with Crippen LogP contribution in [0.4, 0.5) is 14.5 Å². The molecule has 0 saturated carbocycles. The Morgan fingerprint density at radius 3 is 2.35 bits per heavy atom. The molecular formula is C19H25F2N3O2. The van der Waals surface area contributed by atoms with E-state index in [0.29, 0.717) is 13.1 Å². The number of amides is 2. The molecule has 2 heterocycles. The Labute approximate surface area is 152 Å². The Bertz CT molecular complexity index is 669. The first-order valence-electron chi connectivity index (χ1n) is 9.24. The summed E-state index contributed by atoms with van der Waals surface area (Å²) in [6.07, 6.45) is 3.67. The number of benzene rings is 1. The molecule has 0 bridgehead atoms. The number of carbonyl (C=O) groups is 2. The Kier molecular flexibility index (Phi) is 5.86. The summed E-state index contributed by atoms with van der Waals surface area (Å²) in [6, 6.07) is 2.90. The van der Waals surface area contributed by atoms with Crippen LogP contribution in [0.3, 0.4) is 0 Å². The summed E-state index contributed by atoms with van der Waals surface area (Å²) < 4.78 is 26.2. The fraction of sp³-hybridized carbons (Fsp3) is 0.579. The molecule has 0 unspecified atom stereocenters. The standard InChI is InChI=1S/C19H25F2N3O2/c1-13(18(25)22-15-4-5-16(20)17(21)12-15)23-10-6-14(7-11-23)19(26)24-8-2-3-9-24/h4-5,12-14H,2-3,6-11H2,1H3,(H,22,25)/t13-/m0/s1. The highest BCUT2D eigenvalue weighted by Gasteiger charge is 2.32. The zero-order chi connectivity index (χ0) is 18.7. The molecule has 142 valence electrons. The van der Waals surface area contributed by atoms with Gasteiger partial charge in [0.05, 0.1) is 6.04 Å². The molecule has 1 N–H and O–H groups in total. The van der Waals surface area contributed by atoms with E-state index >= 15 is 0 Å². The highest BCUT2D eigenvalue weighted by molar-refractivity contribution is 5.94. The lowest BCUT2D eigenvalue weighted by molar-refractivity contribution is -0.136. The Morgan fingerprint density at radius 1 is 1.08 bits per heavy atom. The van der Waals surface area contributed by atoms with Crippen LogP contribution in [0.2, 0.25) is 0 Å². The fourth-order valence-corrected chi connectivity index (χ4v) is 3.72.